The van der Waals surface area contributed by atoms with E-state index in [1.54, 1.807) is 12.3 Å². The predicted molar refractivity (Wildman–Crippen MR) is 97.2 cm³/mol. The first-order valence-corrected chi connectivity index (χ1v) is 8.55. The van der Waals surface area contributed by atoms with E-state index in [-0.39, 0.29) is 6.04 Å². The molecule has 1 saturated heterocycles. The topological polar surface area (TPSA) is 83.8 Å². The summed E-state index contributed by atoms with van der Waals surface area (Å²) in [5, 5.41) is 8.94. The van der Waals surface area contributed by atoms with E-state index < -0.39 is 0 Å². The molecular formula is C19H20N6. The summed E-state index contributed by atoms with van der Waals surface area (Å²) in [6.45, 7) is 2.41. The molecule has 0 unspecified atom stereocenters. The van der Waals surface area contributed by atoms with Crippen molar-refractivity contribution in [2.75, 3.05) is 18.0 Å². The van der Waals surface area contributed by atoms with E-state index >= 15 is 0 Å². The Morgan fingerprint density at radius 1 is 1.24 bits per heavy atom. The smallest absolute Gasteiger partial charge is 0.206 e. The molecule has 1 aliphatic rings. The van der Waals surface area contributed by atoms with Gasteiger partial charge < -0.3 is 15.2 Å². The van der Waals surface area contributed by atoms with Crippen LogP contribution in [0.15, 0.2) is 42.6 Å². The highest BCUT2D eigenvalue weighted by molar-refractivity contribution is 5.79. The number of pyridine rings is 1. The molecule has 0 radical (unpaired) electrons. The number of nitrogens with two attached hydrogens (primary N) is 1. The van der Waals surface area contributed by atoms with Crippen LogP contribution in [0.4, 0.5) is 5.95 Å². The highest BCUT2D eigenvalue weighted by Gasteiger charge is 2.22. The summed E-state index contributed by atoms with van der Waals surface area (Å²) in [6, 6.07) is 14.1. The number of fused-ring (bicyclic) bond motifs is 1. The van der Waals surface area contributed by atoms with Crippen LogP contribution in [0.5, 0.6) is 0 Å². The fourth-order valence-electron chi connectivity index (χ4n) is 3.40. The number of nitriles is 1. The molecule has 0 spiro atoms. The molecule has 1 fully saturated rings. The van der Waals surface area contributed by atoms with Gasteiger partial charge in [0.1, 0.15) is 6.07 Å². The first kappa shape index (κ1) is 15.6. The van der Waals surface area contributed by atoms with Gasteiger partial charge in [-0.3, -0.25) is 4.98 Å². The van der Waals surface area contributed by atoms with Gasteiger partial charge in [0.15, 0.2) is 0 Å². The zero-order valence-corrected chi connectivity index (χ0v) is 14.0. The third-order valence-corrected chi connectivity index (χ3v) is 4.65. The Bertz CT molecular complexity index is 921. The number of para-hydroxylation sites is 2. The van der Waals surface area contributed by atoms with Crippen molar-refractivity contribution in [1.29, 1.82) is 5.26 Å². The fraction of sp³-hybridized carbons (Fsp3) is 0.316. The van der Waals surface area contributed by atoms with Gasteiger partial charge in [0, 0.05) is 25.3 Å². The predicted octanol–water partition coefficient (Wildman–Crippen LogP) is 2.28. The van der Waals surface area contributed by atoms with E-state index in [2.05, 4.69) is 26.6 Å². The quantitative estimate of drug-likeness (QED) is 0.795. The van der Waals surface area contributed by atoms with Crippen molar-refractivity contribution < 1.29 is 0 Å². The van der Waals surface area contributed by atoms with E-state index in [9.17, 15) is 0 Å². The third-order valence-electron chi connectivity index (χ3n) is 4.65. The van der Waals surface area contributed by atoms with Crippen LogP contribution in [-0.2, 0) is 6.54 Å². The second-order valence-corrected chi connectivity index (χ2v) is 6.49. The molecule has 1 aliphatic heterocycles. The molecule has 3 aromatic rings. The standard InChI is InChI=1S/C19H20N6/c20-10-14-7-8-16(22-11-14)13-25-18-6-2-1-5-17(18)23-19(25)24-9-3-4-15(21)12-24/h1-2,5-8,11,15H,3-4,9,12-13,21H2/t15-/m1/s1. The van der Waals surface area contributed by atoms with Crippen molar-refractivity contribution in [2.45, 2.75) is 25.4 Å². The fourth-order valence-corrected chi connectivity index (χ4v) is 3.40. The molecule has 3 heterocycles. The van der Waals surface area contributed by atoms with Crippen molar-refractivity contribution in [1.82, 2.24) is 14.5 Å². The zero-order valence-electron chi connectivity index (χ0n) is 14.0. The maximum atomic E-state index is 8.94. The third kappa shape index (κ3) is 3.06. The Labute approximate surface area is 146 Å². The minimum absolute atomic E-state index is 0.190. The Kier molecular flexibility index (Phi) is 4.08. The van der Waals surface area contributed by atoms with Crippen LogP contribution in [0.2, 0.25) is 0 Å². The van der Waals surface area contributed by atoms with Crippen molar-refractivity contribution in [3.8, 4) is 6.07 Å². The van der Waals surface area contributed by atoms with Crippen LogP contribution in [0.1, 0.15) is 24.1 Å². The second kappa shape index (κ2) is 6.54. The molecule has 126 valence electrons. The van der Waals surface area contributed by atoms with E-state index in [0.29, 0.717) is 12.1 Å². The summed E-state index contributed by atoms with van der Waals surface area (Å²) >= 11 is 0. The number of piperidine rings is 1. The number of hydrogen-bond donors (Lipinski definition) is 1. The van der Waals surface area contributed by atoms with E-state index in [0.717, 1.165) is 48.6 Å². The van der Waals surface area contributed by atoms with E-state index in [1.807, 2.05) is 24.3 Å². The number of imidazole rings is 1. The monoisotopic (exact) mass is 332 g/mol. The highest BCUT2D eigenvalue weighted by atomic mass is 15.3. The first-order chi connectivity index (χ1) is 12.2. The van der Waals surface area contributed by atoms with Crippen LogP contribution >= 0.6 is 0 Å². The van der Waals surface area contributed by atoms with Gasteiger partial charge in [-0.05, 0) is 37.1 Å². The van der Waals surface area contributed by atoms with Crippen LogP contribution < -0.4 is 10.6 Å². The Morgan fingerprint density at radius 3 is 2.88 bits per heavy atom. The van der Waals surface area contributed by atoms with Gasteiger partial charge in [-0.25, -0.2) is 4.98 Å². The Hall–Kier alpha value is -2.91. The number of hydrogen-bond acceptors (Lipinski definition) is 5. The maximum absolute atomic E-state index is 8.94. The Balaban J connectivity index is 1.74. The summed E-state index contributed by atoms with van der Waals surface area (Å²) in [6.07, 6.45) is 3.76. The lowest BCUT2D eigenvalue weighted by molar-refractivity contribution is 0.495. The van der Waals surface area contributed by atoms with Gasteiger partial charge in [0.2, 0.25) is 5.95 Å². The molecule has 0 bridgehead atoms. The molecule has 6 heteroatoms. The van der Waals surface area contributed by atoms with Crippen molar-refractivity contribution in [3.05, 3.63) is 53.9 Å². The van der Waals surface area contributed by atoms with Gasteiger partial charge in [-0.15, -0.1) is 0 Å². The summed E-state index contributed by atoms with van der Waals surface area (Å²) in [4.78, 5) is 11.5. The number of nitrogens with zero attached hydrogens (tertiary/aromatic N) is 5. The molecule has 4 rings (SSSR count). The van der Waals surface area contributed by atoms with E-state index in [1.165, 1.54) is 0 Å². The summed E-state index contributed by atoms with van der Waals surface area (Å²) in [5.74, 6) is 0.947. The lowest BCUT2D eigenvalue weighted by Gasteiger charge is -2.32. The average molecular weight is 332 g/mol. The SMILES string of the molecule is N#Cc1ccc(Cn2c(N3CCC[C@@H](N)C3)nc3ccccc32)nc1. The van der Waals surface area contributed by atoms with Crippen LogP contribution in [0.25, 0.3) is 11.0 Å². The second-order valence-electron chi connectivity index (χ2n) is 6.49. The van der Waals surface area contributed by atoms with E-state index in [4.69, 9.17) is 16.0 Å². The molecule has 1 aromatic carbocycles. The van der Waals surface area contributed by atoms with Crippen molar-refractivity contribution in [3.63, 3.8) is 0 Å². The first-order valence-electron chi connectivity index (χ1n) is 8.55. The van der Waals surface area contributed by atoms with Gasteiger partial charge in [-0.1, -0.05) is 12.1 Å². The average Bonchev–Trinajstić information content (AvgIpc) is 3.01. The van der Waals surface area contributed by atoms with Gasteiger partial charge in [-0.2, -0.15) is 5.26 Å². The lowest BCUT2D eigenvalue weighted by Crippen LogP contribution is -2.44. The van der Waals surface area contributed by atoms with Gasteiger partial charge in [0.05, 0.1) is 28.8 Å². The molecule has 25 heavy (non-hydrogen) atoms. The van der Waals surface area contributed by atoms with Crippen molar-refractivity contribution >= 4 is 17.0 Å². The molecule has 0 saturated carbocycles. The zero-order chi connectivity index (χ0) is 17.2. The highest BCUT2D eigenvalue weighted by Crippen LogP contribution is 2.25. The summed E-state index contributed by atoms with van der Waals surface area (Å²) in [5.41, 5.74) is 9.71. The van der Waals surface area contributed by atoms with Crippen LogP contribution in [0, 0.1) is 11.3 Å². The number of anilines is 1. The molecule has 0 amide bonds. The van der Waals surface area contributed by atoms with Crippen LogP contribution in [-0.4, -0.2) is 33.7 Å². The summed E-state index contributed by atoms with van der Waals surface area (Å²) in [7, 11) is 0. The normalized spacial score (nSPS) is 17.6. The summed E-state index contributed by atoms with van der Waals surface area (Å²) < 4.78 is 2.20. The molecule has 6 nitrogen and oxygen atoms in total. The molecule has 0 aliphatic carbocycles. The molecule has 1 atom stereocenters. The minimum atomic E-state index is 0.190. The maximum Gasteiger partial charge on any atom is 0.206 e. The number of aromatic nitrogens is 3. The number of benzene rings is 1. The minimum Gasteiger partial charge on any atom is -0.341 e. The van der Waals surface area contributed by atoms with Crippen LogP contribution in [0.3, 0.4) is 0 Å². The van der Waals surface area contributed by atoms with Crippen molar-refractivity contribution in [2.24, 2.45) is 5.73 Å². The lowest BCUT2D eigenvalue weighted by atomic mass is 10.1. The van der Waals surface area contributed by atoms with Gasteiger partial charge >= 0.3 is 0 Å². The number of rotatable bonds is 3. The molecular weight excluding hydrogens is 312 g/mol. The molecule has 2 N–H and O–H groups in total. The largest absolute Gasteiger partial charge is 0.341 e. The Morgan fingerprint density at radius 2 is 2.12 bits per heavy atom. The van der Waals surface area contributed by atoms with Gasteiger partial charge in [0.25, 0.3) is 0 Å². The molecule has 2 aromatic heterocycles.